The molecule has 0 saturated heterocycles. The van der Waals surface area contributed by atoms with Crippen molar-refractivity contribution in [2.24, 2.45) is 5.41 Å². The molecule has 0 saturated carbocycles. The average molecular weight is 302 g/mol. The average Bonchev–Trinajstić information content (AvgIpc) is 2.98. The lowest BCUT2D eigenvalue weighted by atomic mass is 9.95. The molecule has 0 aliphatic rings. The van der Waals surface area contributed by atoms with Crippen LogP contribution < -0.4 is 5.32 Å². The topological polar surface area (TPSA) is 54.9 Å². The molecule has 0 unspecified atom stereocenters. The van der Waals surface area contributed by atoms with E-state index < -0.39 is 5.41 Å². The molecule has 0 atom stereocenters. The number of aromatic nitrogens is 2. The maximum absolute atomic E-state index is 11.9. The van der Waals surface area contributed by atoms with Crippen LogP contribution in [-0.2, 0) is 4.79 Å². The van der Waals surface area contributed by atoms with Crippen molar-refractivity contribution in [2.45, 2.75) is 13.8 Å². The van der Waals surface area contributed by atoms with E-state index in [4.69, 9.17) is 11.6 Å². The van der Waals surface area contributed by atoms with Crippen molar-refractivity contribution in [1.82, 2.24) is 10.2 Å². The number of alkyl halides is 1. The minimum absolute atomic E-state index is 0.147. The number of carbonyl (C=O) groups excluding carboxylic acids is 1. The normalized spacial score (nSPS) is 11.5. The van der Waals surface area contributed by atoms with Crippen molar-refractivity contribution in [3.8, 4) is 9.88 Å². The fourth-order valence-corrected chi connectivity index (χ4v) is 2.75. The van der Waals surface area contributed by atoms with Crippen molar-refractivity contribution in [2.75, 3.05) is 11.2 Å². The Hall–Kier alpha value is -0.980. The van der Waals surface area contributed by atoms with Gasteiger partial charge in [0.1, 0.15) is 0 Å². The lowest BCUT2D eigenvalue weighted by molar-refractivity contribution is -0.122. The van der Waals surface area contributed by atoms with Crippen LogP contribution in [0, 0.1) is 5.41 Å². The summed E-state index contributed by atoms with van der Waals surface area (Å²) in [6.45, 7) is 3.58. The van der Waals surface area contributed by atoms with Gasteiger partial charge in [0, 0.05) is 5.88 Å². The molecular weight excluding hydrogens is 290 g/mol. The van der Waals surface area contributed by atoms with Crippen LogP contribution in [-0.4, -0.2) is 22.0 Å². The van der Waals surface area contributed by atoms with Gasteiger partial charge in [-0.3, -0.25) is 4.79 Å². The standard InChI is InChI=1S/C11H12ClN3OS2/c1-11(2,6-12)9(16)13-10-15-14-8(18-10)7-4-3-5-17-7/h3-5H,6H2,1-2H3,(H,13,15,16). The van der Waals surface area contributed by atoms with Crippen LogP contribution >= 0.6 is 34.3 Å². The van der Waals surface area contributed by atoms with Crippen LogP contribution in [0.1, 0.15) is 13.8 Å². The Labute approximate surface area is 118 Å². The fraction of sp³-hybridized carbons (Fsp3) is 0.364. The van der Waals surface area contributed by atoms with Crippen molar-refractivity contribution < 1.29 is 4.79 Å². The summed E-state index contributed by atoms with van der Waals surface area (Å²) in [7, 11) is 0. The molecule has 0 fully saturated rings. The third-order valence-corrected chi connectivity index (χ3v) is 4.87. The van der Waals surface area contributed by atoms with Crippen LogP contribution in [0.2, 0.25) is 0 Å². The van der Waals surface area contributed by atoms with Gasteiger partial charge in [0.2, 0.25) is 11.0 Å². The molecular formula is C11H12ClN3OS2. The summed E-state index contributed by atoms with van der Waals surface area (Å²) >= 11 is 8.70. The summed E-state index contributed by atoms with van der Waals surface area (Å²) in [5, 5.41) is 14.0. The quantitative estimate of drug-likeness (QED) is 0.880. The van der Waals surface area contributed by atoms with E-state index in [0.29, 0.717) is 5.13 Å². The van der Waals surface area contributed by atoms with Gasteiger partial charge < -0.3 is 5.32 Å². The number of hydrogen-bond donors (Lipinski definition) is 1. The Bertz CT molecular complexity index is 536. The van der Waals surface area contributed by atoms with Crippen LogP contribution in [0.3, 0.4) is 0 Å². The first-order chi connectivity index (χ1) is 8.53. The molecule has 2 aromatic rings. The molecule has 7 heteroatoms. The predicted molar refractivity (Wildman–Crippen MR) is 76.4 cm³/mol. The monoisotopic (exact) mass is 301 g/mol. The molecule has 2 rings (SSSR count). The second-order valence-electron chi connectivity index (χ2n) is 4.36. The highest BCUT2D eigenvalue weighted by Gasteiger charge is 2.27. The molecule has 2 heterocycles. The number of nitrogens with zero attached hydrogens (tertiary/aromatic N) is 2. The molecule has 1 amide bonds. The Morgan fingerprint density at radius 2 is 2.28 bits per heavy atom. The molecule has 0 bridgehead atoms. The van der Waals surface area contributed by atoms with Gasteiger partial charge in [-0.05, 0) is 25.3 Å². The first-order valence-electron chi connectivity index (χ1n) is 5.28. The Balaban J connectivity index is 2.10. The smallest absolute Gasteiger partial charge is 0.233 e. The molecule has 0 radical (unpaired) electrons. The fourth-order valence-electron chi connectivity index (χ4n) is 1.10. The number of hydrogen-bond acceptors (Lipinski definition) is 5. The maximum Gasteiger partial charge on any atom is 0.233 e. The summed E-state index contributed by atoms with van der Waals surface area (Å²) in [5.74, 6) is 0.112. The minimum Gasteiger partial charge on any atom is -0.300 e. The number of nitrogens with one attached hydrogen (secondary N) is 1. The molecule has 0 aliphatic heterocycles. The van der Waals surface area contributed by atoms with E-state index in [1.807, 2.05) is 17.5 Å². The highest BCUT2D eigenvalue weighted by atomic mass is 35.5. The molecule has 0 aliphatic carbocycles. The Morgan fingerprint density at radius 1 is 1.50 bits per heavy atom. The molecule has 4 nitrogen and oxygen atoms in total. The van der Waals surface area contributed by atoms with Crippen molar-refractivity contribution in [3.63, 3.8) is 0 Å². The molecule has 0 aromatic carbocycles. The second-order valence-corrected chi connectivity index (χ2v) is 6.55. The largest absolute Gasteiger partial charge is 0.300 e. The van der Waals surface area contributed by atoms with Gasteiger partial charge in [0.15, 0.2) is 5.01 Å². The van der Waals surface area contributed by atoms with Gasteiger partial charge in [-0.15, -0.1) is 33.1 Å². The van der Waals surface area contributed by atoms with E-state index in [2.05, 4.69) is 15.5 Å². The van der Waals surface area contributed by atoms with E-state index in [1.54, 1.807) is 25.2 Å². The van der Waals surface area contributed by atoms with Gasteiger partial charge in [0.05, 0.1) is 10.3 Å². The van der Waals surface area contributed by atoms with Crippen LogP contribution in [0.15, 0.2) is 17.5 Å². The third-order valence-electron chi connectivity index (χ3n) is 2.33. The highest BCUT2D eigenvalue weighted by molar-refractivity contribution is 7.23. The number of halogens is 1. The second kappa shape index (κ2) is 5.34. The number of carbonyl (C=O) groups is 1. The lowest BCUT2D eigenvalue weighted by Crippen LogP contribution is -2.32. The van der Waals surface area contributed by atoms with E-state index in [-0.39, 0.29) is 11.8 Å². The zero-order valence-electron chi connectivity index (χ0n) is 9.94. The lowest BCUT2D eigenvalue weighted by Gasteiger charge is -2.18. The summed E-state index contributed by atoms with van der Waals surface area (Å²) in [6, 6.07) is 3.93. The summed E-state index contributed by atoms with van der Waals surface area (Å²) in [6.07, 6.45) is 0. The van der Waals surface area contributed by atoms with E-state index in [0.717, 1.165) is 9.88 Å². The molecule has 96 valence electrons. The van der Waals surface area contributed by atoms with Crippen LogP contribution in [0.25, 0.3) is 9.88 Å². The van der Waals surface area contributed by atoms with E-state index in [1.165, 1.54) is 11.3 Å². The van der Waals surface area contributed by atoms with Gasteiger partial charge in [-0.25, -0.2) is 0 Å². The van der Waals surface area contributed by atoms with Crippen LogP contribution in [0.5, 0.6) is 0 Å². The molecule has 0 spiro atoms. The first kappa shape index (κ1) is 13.5. The van der Waals surface area contributed by atoms with Crippen LogP contribution in [0.4, 0.5) is 5.13 Å². The first-order valence-corrected chi connectivity index (χ1v) is 7.51. The van der Waals surface area contributed by atoms with Gasteiger partial charge in [0.25, 0.3) is 0 Å². The van der Waals surface area contributed by atoms with Crippen molar-refractivity contribution >= 4 is 45.3 Å². The van der Waals surface area contributed by atoms with Crippen molar-refractivity contribution in [3.05, 3.63) is 17.5 Å². The number of anilines is 1. The number of thiophene rings is 1. The number of amides is 1. The zero-order valence-corrected chi connectivity index (χ0v) is 12.3. The van der Waals surface area contributed by atoms with Crippen molar-refractivity contribution in [1.29, 1.82) is 0 Å². The zero-order chi connectivity index (χ0) is 13.2. The highest BCUT2D eigenvalue weighted by Crippen LogP contribution is 2.30. The third kappa shape index (κ3) is 2.88. The number of rotatable bonds is 4. The molecule has 1 N–H and O–H groups in total. The van der Waals surface area contributed by atoms with Gasteiger partial charge in [-0.2, -0.15) is 0 Å². The van der Waals surface area contributed by atoms with Gasteiger partial charge >= 0.3 is 0 Å². The molecule has 18 heavy (non-hydrogen) atoms. The SMILES string of the molecule is CC(C)(CCl)C(=O)Nc1nnc(-c2cccs2)s1. The Morgan fingerprint density at radius 3 is 2.89 bits per heavy atom. The van der Waals surface area contributed by atoms with Gasteiger partial charge in [-0.1, -0.05) is 17.4 Å². The predicted octanol–water partition coefficient (Wildman–Crippen LogP) is 3.47. The molecule has 2 aromatic heterocycles. The summed E-state index contributed by atoms with van der Waals surface area (Å²) < 4.78 is 0. The summed E-state index contributed by atoms with van der Waals surface area (Å²) in [5.41, 5.74) is -0.615. The summed E-state index contributed by atoms with van der Waals surface area (Å²) in [4.78, 5) is 13.0. The Kier molecular flexibility index (Phi) is 3.99. The van der Waals surface area contributed by atoms with E-state index in [9.17, 15) is 4.79 Å². The maximum atomic E-state index is 11.9. The van der Waals surface area contributed by atoms with E-state index >= 15 is 0 Å². The minimum atomic E-state index is -0.615.